The van der Waals surface area contributed by atoms with E-state index < -0.39 is 18.6 Å². The summed E-state index contributed by atoms with van der Waals surface area (Å²) in [6, 6.07) is 0. The van der Waals surface area contributed by atoms with Crippen LogP contribution in [0, 0.1) is 11.3 Å². The highest BCUT2D eigenvalue weighted by Crippen LogP contribution is 2.40. The summed E-state index contributed by atoms with van der Waals surface area (Å²) in [5.41, 5.74) is -0.586. The molecule has 0 spiro atoms. The Morgan fingerprint density at radius 2 is 1.75 bits per heavy atom. The minimum atomic E-state index is -1.45. The monoisotopic (exact) mass is 340 g/mol. The molecule has 0 saturated heterocycles. The summed E-state index contributed by atoms with van der Waals surface area (Å²) < 4.78 is 0. The highest BCUT2D eigenvalue weighted by molar-refractivity contribution is 5.28. The van der Waals surface area contributed by atoms with Gasteiger partial charge in [-0.15, -0.1) is 0 Å². The fraction of sp³-hybridized carbons (Fsp3) is 0.800. The van der Waals surface area contributed by atoms with Gasteiger partial charge in [0.1, 0.15) is 16.9 Å². The van der Waals surface area contributed by atoms with Crippen molar-refractivity contribution in [3.8, 4) is 0 Å². The largest absolute Gasteiger partial charge is 0.511 e. The van der Waals surface area contributed by atoms with E-state index in [1.165, 1.54) is 19.3 Å². The predicted octanol–water partition coefficient (Wildman–Crippen LogP) is 4.78. The summed E-state index contributed by atoms with van der Waals surface area (Å²) in [6.45, 7) is 3.23. The summed E-state index contributed by atoms with van der Waals surface area (Å²) in [5, 5.41) is 41.0. The summed E-state index contributed by atoms with van der Waals surface area (Å²) in [6.07, 6.45) is 11.9. The van der Waals surface area contributed by atoms with Crippen molar-refractivity contribution < 1.29 is 20.4 Å². The van der Waals surface area contributed by atoms with Crippen LogP contribution < -0.4 is 0 Å². The molecule has 1 aliphatic rings. The summed E-state index contributed by atoms with van der Waals surface area (Å²) in [7, 11) is 0. The fourth-order valence-electron chi connectivity index (χ4n) is 3.51. The second-order valence-corrected chi connectivity index (χ2v) is 7.21. The lowest BCUT2D eigenvalue weighted by atomic mass is 9.76. The van der Waals surface area contributed by atoms with Crippen molar-refractivity contribution >= 4 is 0 Å². The maximum absolute atomic E-state index is 10.8. The van der Waals surface area contributed by atoms with E-state index in [4.69, 9.17) is 0 Å². The van der Waals surface area contributed by atoms with E-state index in [9.17, 15) is 20.4 Å². The molecule has 4 N–H and O–H groups in total. The van der Waals surface area contributed by atoms with Gasteiger partial charge in [0.2, 0.25) is 0 Å². The van der Waals surface area contributed by atoms with Gasteiger partial charge in [0, 0.05) is 0 Å². The Morgan fingerprint density at radius 1 is 1.08 bits per heavy atom. The van der Waals surface area contributed by atoms with E-state index in [0.29, 0.717) is 6.42 Å². The molecule has 0 aromatic carbocycles. The number of aliphatic hydroxyl groups excluding tert-OH is 4. The third-order valence-electron chi connectivity index (χ3n) is 5.36. The molecule has 140 valence electrons. The van der Waals surface area contributed by atoms with Crippen LogP contribution in [0.4, 0.5) is 0 Å². The predicted molar refractivity (Wildman–Crippen MR) is 98.0 cm³/mol. The Hall–Kier alpha value is -1.00. The lowest BCUT2D eigenvalue weighted by Gasteiger charge is -2.33. The molecule has 4 heteroatoms. The number of aliphatic hydroxyl groups is 4. The van der Waals surface area contributed by atoms with Crippen LogP contribution in [0.15, 0.2) is 23.2 Å². The molecule has 0 aromatic heterocycles. The molecule has 1 unspecified atom stereocenters. The highest BCUT2D eigenvalue weighted by Gasteiger charge is 2.41. The zero-order valence-corrected chi connectivity index (χ0v) is 15.4. The summed E-state index contributed by atoms with van der Waals surface area (Å²) >= 11 is 0. The van der Waals surface area contributed by atoms with Crippen LogP contribution in [0.2, 0.25) is 0 Å². The normalized spacial score (nSPS) is 21.8. The molecule has 24 heavy (non-hydrogen) atoms. The Kier molecular flexibility index (Phi) is 9.45. The molecule has 1 aliphatic carbocycles. The number of rotatable bonds is 10. The minimum absolute atomic E-state index is 0.0283. The van der Waals surface area contributed by atoms with E-state index in [1.807, 2.05) is 0 Å². The van der Waals surface area contributed by atoms with Gasteiger partial charge >= 0.3 is 0 Å². The Labute approximate surface area is 146 Å². The average molecular weight is 341 g/mol. The number of allylic oxidation sites excluding steroid dienone is 2. The molecule has 4 nitrogen and oxygen atoms in total. The number of hydrogen-bond donors (Lipinski definition) is 4. The van der Waals surface area contributed by atoms with Gasteiger partial charge < -0.3 is 20.4 Å². The first-order chi connectivity index (χ1) is 11.5. The molecule has 0 bridgehead atoms. The zero-order chi connectivity index (χ0) is 18.0. The minimum Gasteiger partial charge on any atom is -0.511 e. The highest BCUT2D eigenvalue weighted by atomic mass is 16.3. The van der Waals surface area contributed by atoms with Crippen LogP contribution in [0.25, 0.3) is 0 Å². The topological polar surface area (TPSA) is 80.9 Å². The van der Waals surface area contributed by atoms with Crippen molar-refractivity contribution in [2.24, 2.45) is 11.3 Å². The van der Waals surface area contributed by atoms with Crippen molar-refractivity contribution in [1.82, 2.24) is 0 Å². The lowest BCUT2D eigenvalue weighted by Crippen LogP contribution is -2.36. The van der Waals surface area contributed by atoms with E-state index in [0.717, 1.165) is 44.1 Å². The van der Waals surface area contributed by atoms with Crippen LogP contribution in [-0.4, -0.2) is 33.6 Å². The van der Waals surface area contributed by atoms with Gasteiger partial charge in [-0.05, 0) is 49.7 Å². The maximum Gasteiger partial charge on any atom is 0.130 e. The van der Waals surface area contributed by atoms with Crippen molar-refractivity contribution in [2.75, 3.05) is 13.2 Å². The quantitative estimate of drug-likeness (QED) is 0.341. The van der Waals surface area contributed by atoms with Crippen LogP contribution in [0.5, 0.6) is 0 Å². The zero-order valence-electron chi connectivity index (χ0n) is 15.4. The summed E-state index contributed by atoms with van der Waals surface area (Å²) in [5.74, 6) is 0.0864. The molecule has 0 heterocycles. The van der Waals surface area contributed by atoms with E-state index in [2.05, 4.69) is 13.8 Å². The second-order valence-electron chi connectivity index (χ2n) is 7.21. The molecule has 1 rings (SSSR count). The van der Waals surface area contributed by atoms with E-state index >= 15 is 0 Å². The molecule has 0 aromatic rings. The Bertz CT molecular complexity index is 421. The maximum atomic E-state index is 10.8. The van der Waals surface area contributed by atoms with Gasteiger partial charge in [0.05, 0.1) is 13.2 Å². The standard InChI is InChI=1S/C20H36O4/c1-3-4-5-6-7-8-13-18(23)20(14-21,15-22)19(24)17-12-10-9-11-16(17)2/h13,16,21-24H,3-12,14-15H2,1-2H3. The first-order valence-electron chi connectivity index (χ1n) is 9.57. The average Bonchev–Trinajstić information content (AvgIpc) is 2.59. The van der Waals surface area contributed by atoms with E-state index in [1.54, 1.807) is 6.08 Å². The van der Waals surface area contributed by atoms with Crippen LogP contribution in [0.3, 0.4) is 0 Å². The first-order valence-corrected chi connectivity index (χ1v) is 9.57. The first kappa shape index (κ1) is 21.0. The second kappa shape index (κ2) is 10.8. The van der Waals surface area contributed by atoms with Gasteiger partial charge in [-0.1, -0.05) is 46.0 Å². The van der Waals surface area contributed by atoms with Gasteiger partial charge in [-0.3, -0.25) is 0 Å². The van der Waals surface area contributed by atoms with Gasteiger partial charge in [-0.25, -0.2) is 0 Å². The van der Waals surface area contributed by atoms with Crippen molar-refractivity contribution in [1.29, 1.82) is 0 Å². The van der Waals surface area contributed by atoms with Gasteiger partial charge in [0.25, 0.3) is 0 Å². The fourth-order valence-corrected chi connectivity index (χ4v) is 3.51. The molecular formula is C20H36O4. The number of hydrogen-bond acceptors (Lipinski definition) is 4. The molecule has 1 fully saturated rings. The Balaban J connectivity index is 2.87. The molecule has 0 amide bonds. The van der Waals surface area contributed by atoms with Gasteiger partial charge in [-0.2, -0.15) is 0 Å². The van der Waals surface area contributed by atoms with Crippen LogP contribution in [-0.2, 0) is 0 Å². The molecule has 0 radical (unpaired) electrons. The molecule has 0 aliphatic heterocycles. The lowest BCUT2D eigenvalue weighted by molar-refractivity contribution is 0.0417. The van der Waals surface area contributed by atoms with Crippen molar-refractivity contribution in [2.45, 2.75) is 78.1 Å². The smallest absolute Gasteiger partial charge is 0.130 e. The third-order valence-corrected chi connectivity index (χ3v) is 5.36. The molecular weight excluding hydrogens is 304 g/mol. The molecule has 1 saturated carbocycles. The van der Waals surface area contributed by atoms with Crippen LogP contribution >= 0.6 is 0 Å². The Morgan fingerprint density at radius 3 is 2.33 bits per heavy atom. The SMILES string of the molecule is CCCCCCCC=C(O)C(CO)(CO)C(O)=C1CCCCC1C. The van der Waals surface area contributed by atoms with Crippen molar-refractivity contribution in [3.63, 3.8) is 0 Å². The van der Waals surface area contributed by atoms with Gasteiger partial charge in [0.15, 0.2) is 0 Å². The number of unbranched alkanes of at least 4 members (excludes halogenated alkanes) is 5. The molecule has 1 atom stereocenters. The van der Waals surface area contributed by atoms with Crippen LogP contribution in [0.1, 0.15) is 78.1 Å². The van der Waals surface area contributed by atoms with Crippen molar-refractivity contribution in [3.05, 3.63) is 23.2 Å². The third kappa shape index (κ3) is 5.25. The van der Waals surface area contributed by atoms with E-state index in [-0.39, 0.29) is 17.4 Å². The summed E-state index contributed by atoms with van der Waals surface area (Å²) in [4.78, 5) is 0.